The van der Waals surface area contributed by atoms with Crippen LogP contribution < -0.4 is 15.6 Å². The van der Waals surface area contributed by atoms with Gasteiger partial charge in [0, 0.05) is 19.6 Å². The Labute approximate surface area is 132 Å². The van der Waals surface area contributed by atoms with Gasteiger partial charge < -0.3 is 5.32 Å². The summed E-state index contributed by atoms with van der Waals surface area (Å²) in [4.78, 5) is 12.1. The number of hydrogen-bond donors (Lipinski definition) is 2. The van der Waals surface area contributed by atoms with Crippen LogP contribution >= 0.6 is 15.9 Å². The van der Waals surface area contributed by atoms with E-state index in [0.717, 1.165) is 6.26 Å². The third kappa shape index (κ3) is 5.40. The normalized spacial score (nSPS) is 15.1. The Morgan fingerprint density at radius 3 is 2.76 bits per heavy atom. The van der Waals surface area contributed by atoms with Crippen LogP contribution in [-0.2, 0) is 16.6 Å². The highest BCUT2D eigenvalue weighted by Gasteiger charge is 2.23. The van der Waals surface area contributed by atoms with Crippen LogP contribution in [-0.4, -0.2) is 37.5 Å². The Morgan fingerprint density at radius 2 is 2.14 bits per heavy atom. The van der Waals surface area contributed by atoms with Gasteiger partial charge in [-0.2, -0.15) is 5.10 Å². The van der Waals surface area contributed by atoms with E-state index in [2.05, 4.69) is 31.1 Å². The maximum absolute atomic E-state index is 12.1. The van der Waals surface area contributed by atoms with Crippen molar-refractivity contribution in [3.05, 3.63) is 21.0 Å². The lowest BCUT2D eigenvalue weighted by molar-refractivity contribution is 0.532. The number of nitrogens with one attached hydrogen (secondary N) is 2. The zero-order valence-corrected chi connectivity index (χ0v) is 14.2. The van der Waals surface area contributed by atoms with Crippen LogP contribution in [0.1, 0.15) is 19.3 Å². The zero-order chi connectivity index (χ0) is 15.5. The minimum atomic E-state index is -3.15. The first-order valence-electron chi connectivity index (χ1n) is 6.81. The number of sulfonamides is 1. The van der Waals surface area contributed by atoms with Gasteiger partial charge in [-0.3, -0.25) is 4.79 Å². The molecule has 1 fully saturated rings. The van der Waals surface area contributed by atoms with Crippen molar-refractivity contribution in [2.24, 2.45) is 5.92 Å². The molecule has 0 aliphatic heterocycles. The Balaban J connectivity index is 1.85. The minimum Gasteiger partial charge on any atom is -0.383 e. The molecule has 0 bridgehead atoms. The molecule has 0 saturated heterocycles. The van der Waals surface area contributed by atoms with Crippen LogP contribution in [0.3, 0.4) is 0 Å². The molecular weight excluding hydrogens is 360 g/mol. The fourth-order valence-corrected chi connectivity index (χ4v) is 2.79. The molecule has 1 aromatic rings. The highest BCUT2D eigenvalue weighted by Crippen LogP contribution is 2.30. The Bertz CT molecular complexity index is 655. The second kappa shape index (κ2) is 6.89. The van der Waals surface area contributed by atoms with Gasteiger partial charge in [0.25, 0.3) is 5.56 Å². The van der Waals surface area contributed by atoms with E-state index in [4.69, 9.17) is 0 Å². The summed E-state index contributed by atoms with van der Waals surface area (Å²) >= 11 is 3.29. The number of aromatic nitrogens is 2. The molecular formula is C12H19BrN4O3S. The largest absolute Gasteiger partial charge is 0.383 e. The van der Waals surface area contributed by atoms with Crippen LogP contribution in [0.4, 0.5) is 5.69 Å². The number of anilines is 1. The summed E-state index contributed by atoms with van der Waals surface area (Å²) in [7, 11) is -3.15. The molecule has 0 unspecified atom stereocenters. The van der Waals surface area contributed by atoms with Gasteiger partial charge in [0.1, 0.15) is 4.47 Å². The summed E-state index contributed by atoms with van der Waals surface area (Å²) in [6.07, 6.45) is 5.70. The molecule has 0 radical (unpaired) electrons. The molecule has 0 aromatic carbocycles. The van der Waals surface area contributed by atoms with E-state index in [1.807, 2.05) is 0 Å². The van der Waals surface area contributed by atoms with E-state index >= 15 is 0 Å². The van der Waals surface area contributed by atoms with Crippen LogP contribution in [0.25, 0.3) is 0 Å². The van der Waals surface area contributed by atoms with E-state index in [9.17, 15) is 13.2 Å². The maximum atomic E-state index is 12.1. The lowest BCUT2D eigenvalue weighted by Gasteiger charge is -2.10. The van der Waals surface area contributed by atoms with Crippen molar-refractivity contribution in [1.29, 1.82) is 0 Å². The summed E-state index contributed by atoms with van der Waals surface area (Å²) in [5.74, 6) is 0.586. The molecule has 0 atom stereocenters. The van der Waals surface area contributed by atoms with Crippen molar-refractivity contribution in [1.82, 2.24) is 14.5 Å². The monoisotopic (exact) mass is 378 g/mol. The van der Waals surface area contributed by atoms with E-state index in [0.29, 0.717) is 42.1 Å². The average Bonchev–Trinajstić information content (AvgIpc) is 3.20. The minimum absolute atomic E-state index is 0.138. The Hall–Kier alpha value is -0.930. The molecule has 0 spiro atoms. The van der Waals surface area contributed by atoms with Crippen molar-refractivity contribution in [2.75, 3.05) is 24.7 Å². The van der Waals surface area contributed by atoms with E-state index in [1.165, 1.54) is 17.5 Å². The highest BCUT2D eigenvalue weighted by molar-refractivity contribution is 9.10. The first-order chi connectivity index (χ1) is 9.87. The number of halogens is 1. The molecule has 0 amide bonds. The predicted octanol–water partition coefficient (Wildman–Crippen LogP) is 0.767. The van der Waals surface area contributed by atoms with Gasteiger partial charge in [-0.15, -0.1) is 0 Å². The summed E-state index contributed by atoms with van der Waals surface area (Å²) in [6.45, 7) is 1.58. The highest BCUT2D eigenvalue weighted by atomic mass is 79.9. The zero-order valence-electron chi connectivity index (χ0n) is 11.8. The van der Waals surface area contributed by atoms with Gasteiger partial charge >= 0.3 is 0 Å². The van der Waals surface area contributed by atoms with Gasteiger partial charge in [0.15, 0.2) is 0 Å². The third-order valence-corrected chi connectivity index (χ3v) is 4.64. The third-order valence-electron chi connectivity index (χ3n) is 3.15. The lowest BCUT2D eigenvalue weighted by atomic mass is 10.4. The van der Waals surface area contributed by atoms with Crippen molar-refractivity contribution < 1.29 is 8.42 Å². The smallest absolute Gasteiger partial charge is 0.283 e. The van der Waals surface area contributed by atoms with E-state index in [1.54, 1.807) is 6.20 Å². The van der Waals surface area contributed by atoms with Gasteiger partial charge in [-0.1, -0.05) is 0 Å². The molecule has 1 saturated carbocycles. The van der Waals surface area contributed by atoms with E-state index < -0.39 is 10.0 Å². The van der Waals surface area contributed by atoms with Crippen LogP contribution in [0, 0.1) is 5.92 Å². The number of hydrogen-bond acceptors (Lipinski definition) is 5. The number of rotatable bonds is 8. The molecule has 21 heavy (non-hydrogen) atoms. The quantitative estimate of drug-likeness (QED) is 0.651. The van der Waals surface area contributed by atoms with Crippen molar-refractivity contribution in [2.45, 2.75) is 25.8 Å². The Kier molecular flexibility index (Phi) is 5.39. The topological polar surface area (TPSA) is 93.1 Å². The molecule has 2 N–H and O–H groups in total. The molecule has 1 heterocycles. The van der Waals surface area contributed by atoms with Crippen LogP contribution in [0.2, 0.25) is 0 Å². The van der Waals surface area contributed by atoms with Crippen LogP contribution in [0.5, 0.6) is 0 Å². The van der Waals surface area contributed by atoms with Gasteiger partial charge in [0.2, 0.25) is 10.0 Å². The van der Waals surface area contributed by atoms with Gasteiger partial charge in [-0.25, -0.2) is 17.8 Å². The average molecular weight is 379 g/mol. The summed E-state index contributed by atoms with van der Waals surface area (Å²) < 4.78 is 26.2. The predicted molar refractivity (Wildman–Crippen MR) is 84.9 cm³/mol. The Morgan fingerprint density at radius 1 is 1.43 bits per heavy atom. The lowest BCUT2D eigenvalue weighted by Crippen LogP contribution is -2.26. The standard InChI is InChI=1S/C12H19BrN4O3S/c1-21(19,20)16-6-2-5-14-10-7-15-17(8-9-3-4-9)12(18)11(10)13/h7,9,14,16H,2-6,8H2,1H3. The van der Waals surface area contributed by atoms with Crippen LogP contribution in [0.15, 0.2) is 15.5 Å². The van der Waals surface area contributed by atoms with Gasteiger partial charge in [0.05, 0.1) is 18.1 Å². The molecule has 9 heteroatoms. The molecule has 118 valence electrons. The first-order valence-corrected chi connectivity index (χ1v) is 9.49. The second-order valence-corrected chi connectivity index (χ2v) is 7.88. The fourth-order valence-electron chi connectivity index (χ4n) is 1.83. The summed E-state index contributed by atoms with van der Waals surface area (Å²) in [6, 6.07) is 0. The van der Waals surface area contributed by atoms with Crippen molar-refractivity contribution in [3.63, 3.8) is 0 Å². The van der Waals surface area contributed by atoms with Crippen molar-refractivity contribution >= 4 is 31.6 Å². The molecule has 7 nitrogen and oxygen atoms in total. The van der Waals surface area contributed by atoms with Gasteiger partial charge in [-0.05, 0) is 41.1 Å². The molecule has 1 aliphatic rings. The number of nitrogens with zero attached hydrogens (tertiary/aromatic N) is 2. The molecule has 1 aliphatic carbocycles. The summed E-state index contributed by atoms with van der Waals surface area (Å²) in [5, 5.41) is 7.24. The fraction of sp³-hybridized carbons (Fsp3) is 0.667. The van der Waals surface area contributed by atoms with E-state index in [-0.39, 0.29) is 5.56 Å². The SMILES string of the molecule is CS(=O)(=O)NCCCNc1cnn(CC2CC2)c(=O)c1Br. The second-order valence-electron chi connectivity index (χ2n) is 5.25. The molecule has 1 aromatic heterocycles. The summed E-state index contributed by atoms with van der Waals surface area (Å²) in [5.41, 5.74) is 0.493. The first kappa shape index (κ1) is 16.4. The maximum Gasteiger partial charge on any atom is 0.283 e. The molecule has 2 rings (SSSR count). The van der Waals surface area contributed by atoms with Crippen molar-refractivity contribution in [3.8, 4) is 0 Å².